The first-order valence-electron chi connectivity index (χ1n) is 11.9. The number of carbonyl (C=O) groups is 3. The van der Waals surface area contributed by atoms with E-state index in [2.05, 4.69) is 5.32 Å². The number of aromatic carboxylic acids is 1. The van der Waals surface area contributed by atoms with E-state index in [-0.39, 0.29) is 56.4 Å². The van der Waals surface area contributed by atoms with Crippen LogP contribution < -0.4 is 10.1 Å². The van der Waals surface area contributed by atoms with E-state index in [1.54, 1.807) is 0 Å². The van der Waals surface area contributed by atoms with Gasteiger partial charge in [0.05, 0.1) is 23.1 Å². The van der Waals surface area contributed by atoms with Gasteiger partial charge in [-0.3, -0.25) is 14.5 Å². The van der Waals surface area contributed by atoms with Crippen molar-refractivity contribution in [2.45, 2.75) is 18.8 Å². The lowest BCUT2D eigenvalue weighted by Gasteiger charge is -2.14. The summed E-state index contributed by atoms with van der Waals surface area (Å²) in [7, 11) is 1.28. The van der Waals surface area contributed by atoms with Gasteiger partial charge in [0.15, 0.2) is 0 Å². The Morgan fingerprint density at radius 1 is 1.02 bits per heavy atom. The van der Waals surface area contributed by atoms with Crippen molar-refractivity contribution in [3.05, 3.63) is 74.3 Å². The summed E-state index contributed by atoms with van der Waals surface area (Å²) in [4.78, 5) is 38.4. The fourth-order valence-corrected chi connectivity index (χ4v) is 6.13. The van der Waals surface area contributed by atoms with Gasteiger partial charge < -0.3 is 15.2 Å². The van der Waals surface area contributed by atoms with Gasteiger partial charge in [-0.15, -0.1) is 11.3 Å². The molecule has 2 amide bonds. The summed E-state index contributed by atoms with van der Waals surface area (Å²) in [5, 5.41) is 13.1. The van der Waals surface area contributed by atoms with E-state index >= 15 is 0 Å². The molecule has 0 unspecified atom stereocenters. The SMILES string of the molecule is COc1cc(NC(=O)CCN2C(=O)/C(=C/c3cc(-c4cc(C(F)(F)F)cc(C(F)(F)F)c4)cs3)SC2=S)ccc1C(=O)O. The highest BCUT2D eigenvalue weighted by molar-refractivity contribution is 8.26. The van der Waals surface area contributed by atoms with Gasteiger partial charge in [-0.05, 0) is 59.0 Å². The minimum absolute atomic E-state index is 0.0398. The van der Waals surface area contributed by atoms with E-state index in [1.165, 1.54) is 47.7 Å². The number of nitrogens with zero attached hydrogens (tertiary/aromatic N) is 1. The van der Waals surface area contributed by atoms with Gasteiger partial charge in [0, 0.05) is 29.6 Å². The van der Waals surface area contributed by atoms with Crippen LogP contribution >= 0.6 is 35.3 Å². The van der Waals surface area contributed by atoms with E-state index in [0.29, 0.717) is 17.0 Å². The van der Waals surface area contributed by atoms with Crippen molar-refractivity contribution in [2.24, 2.45) is 0 Å². The second-order valence-corrected chi connectivity index (χ2v) is 11.5. The third-order valence-electron chi connectivity index (χ3n) is 5.97. The molecule has 1 fully saturated rings. The molecule has 1 aliphatic rings. The minimum atomic E-state index is -4.99. The number of alkyl halides is 6. The van der Waals surface area contributed by atoms with Crippen LogP contribution in [0, 0.1) is 0 Å². The summed E-state index contributed by atoms with van der Waals surface area (Å²) in [6.07, 6.45) is -8.72. The molecule has 0 radical (unpaired) electrons. The summed E-state index contributed by atoms with van der Waals surface area (Å²) in [5.41, 5.74) is -2.88. The third kappa shape index (κ3) is 7.55. The van der Waals surface area contributed by atoms with Crippen LogP contribution in [-0.2, 0) is 21.9 Å². The molecule has 43 heavy (non-hydrogen) atoms. The quantitative estimate of drug-likeness (QED) is 0.148. The number of carboxylic acid groups (broad SMARTS) is 1. The van der Waals surface area contributed by atoms with Gasteiger partial charge in [-0.1, -0.05) is 24.0 Å². The smallest absolute Gasteiger partial charge is 0.416 e. The van der Waals surface area contributed by atoms with Crippen LogP contribution in [0.2, 0.25) is 0 Å². The minimum Gasteiger partial charge on any atom is -0.496 e. The predicted octanol–water partition coefficient (Wildman–Crippen LogP) is 7.39. The predicted molar refractivity (Wildman–Crippen MR) is 153 cm³/mol. The summed E-state index contributed by atoms with van der Waals surface area (Å²) >= 11 is 7.20. The molecule has 0 bridgehead atoms. The highest BCUT2D eigenvalue weighted by Gasteiger charge is 2.37. The number of carbonyl (C=O) groups excluding carboxylic acids is 2. The van der Waals surface area contributed by atoms with Gasteiger partial charge in [-0.2, -0.15) is 26.3 Å². The molecule has 4 rings (SSSR count). The maximum absolute atomic E-state index is 13.3. The lowest BCUT2D eigenvalue weighted by Crippen LogP contribution is -2.31. The topological polar surface area (TPSA) is 95.9 Å². The zero-order valence-corrected chi connectivity index (χ0v) is 24.1. The first-order valence-corrected chi connectivity index (χ1v) is 14.0. The number of rotatable bonds is 8. The van der Waals surface area contributed by atoms with Gasteiger partial charge in [-0.25, -0.2) is 4.79 Å². The van der Waals surface area contributed by atoms with E-state index < -0.39 is 41.3 Å². The van der Waals surface area contributed by atoms with Gasteiger partial charge >= 0.3 is 18.3 Å². The average Bonchev–Trinajstić information content (AvgIpc) is 3.49. The first kappa shape index (κ1) is 32.0. The summed E-state index contributed by atoms with van der Waals surface area (Å²) in [6.45, 7) is -0.0850. The fourth-order valence-electron chi connectivity index (χ4n) is 3.91. The summed E-state index contributed by atoms with van der Waals surface area (Å²) < 4.78 is 84.7. The maximum Gasteiger partial charge on any atom is 0.416 e. The molecule has 226 valence electrons. The van der Waals surface area contributed by atoms with E-state index in [1.807, 2.05) is 0 Å². The largest absolute Gasteiger partial charge is 0.496 e. The number of methoxy groups -OCH3 is 1. The Balaban J connectivity index is 1.45. The first-order chi connectivity index (χ1) is 20.1. The number of thiocarbonyl (C=S) groups is 1. The van der Waals surface area contributed by atoms with Crippen LogP contribution in [0.25, 0.3) is 17.2 Å². The Morgan fingerprint density at radius 3 is 2.26 bits per heavy atom. The van der Waals surface area contributed by atoms with Crippen LogP contribution in [0.3, 0.4) is 0 Å². The van der Waals surface area contributed by atoms with Crippen molar-refractivity contribution in [2.75, 3.05) is 19.0 Å². The molecule has 2 aromatic carbocycles. The molecular formula is C27H18F6N2O5S3. The molecule has 16 heteroatoms. The Hall–Kier alpha value is -3.89. The van der Waals surface area contributed by atoms with Crippen LogP contribution in [0.4, 0.5) is 32.0 Å². The van der Waals surface area contributed by atoms with Gasteiger partial charge in [0.2, 0.25) is 5.91 Å². The monoisotopic (exact) mass is 660 g/mol. The lowest BCUT2D eigenvalue weighted by molar-refractivity contribution is -0.143. The fraction of sp³-hybridized carbons (Fsp3) is 0.185. The molecule has 1 aromatic heterocycles. The zero-order valence-electron chi connectivity index (χ0n) is 21.6. The van der Waals surface area contributed by atoms with Crippen LogP contribution in [0.15, 0.2) is 52.7 Å². The Morgan fingerprint density at radius 2 is 1.67 bits per heavy atom. The number of hydrogen-bond acceptors (Lipinski definition) is 7. The van der Waals surface area contributed by atoms with Crippen LogP contribution in [-0.4, -0.2) is 45.8 Å². The van der Waals surface area contributed by atoms with Crippen molar-refractivity contribution >= 4 is 69.2 Å². The van der Waals surface area contributed by atoms with E-state index in [9.17, 15) is 40.7 Å². The Kier molecular flexibility index (Phi) is 9.22. The number of halogens is 6. The molecule has 2 N–H and O–H groups in total. The molecule has 0 spiro atoms. The highest BCUT2D eigenvalue weighted by Crippen LogP contribution is 2.40. The molecular weight excluding hydrogens is 642 g/mol. The molecule has 3 aromatic rings. The van der Waals surface area contributed by atoms with Crippen molar-refractivity contribution in [1.82, 2.24) is 4.90 Å². The highest BCUT2D eigenvalue weighted by atomic mass is 32.2. The van der Waals surface area contributed by atoms with Crippen molar-refractivity contribution in [1.29, 1.82) is 0 Å². The number of anilines is 1. The van der Waals surface area contributed by atoms with Crippen LogP contribution in [0.5, 0.6) is 5.75 Å². The number of carboxylic acids is 1. The second kappa shape index (κ2) is 12.4. The summed E-state index contributed by atoms with van der Waals surface area (Å²) in [5.74, 6) is -2.19. The second-order valence-electron chi connectivity index (χ2n) is 8.88. The van der Waals surface area contributed by atoms with Crippen molar-refractivity contribution in [3.63, 3.8) is 0 Å². The number of nitrogens with one attached hydrogen (secondary N) is 1. The normalized spacial score (nSPS) is 14.9. The number of thiophene rings is 1. The molecule has 1 aliphatic heterocycles. The van der Waals surface area contributed by atoms with Gasteiger partial charge in [0.1, 0.15) is 15.6 Å². The Bertz CT molecular complexity index is 1620. The van der Waals surface area contributed by atoms with E-state index in [0.717, 1.165) is 23.1 Å². The van der Waals surface area contributed by atoms with Crippen molar-refractivity contribution < 1.29 is 50.6 Å². The zero-order chi connectivity index (χ0) is 31.7. The number of amides is 2. The number of benzene rings is 2. The third-order valence-corrected chi connectivity index (χ3v) is 8.22. The average molecular weight is 661 g/mol. The lowest BCUT2D eigenvalue weighted by atomic mass is 10.0. The standard InChI is InChI=1S/C27H18F6N2O5S3/c1-40-20-10-17(2-3-19(20)24(38)39)34-22(36)4-5-35-23(37)21(43-25(35)41)11-18-8-14(12-42-18)13-6-15(26(28,29)30)9-16(7-13)27(31,32)33/h2-3,6-12H,4-5H2,1H3,(H,34,36)(H,38,39)/b21-11-. The number of hydrogen-bond donors (Lipinski definition) is 2. The van der Waals surface area contributed by atoms with Crippen LogP contribution in [0.1, 0.15) is 32.8 Å². The molecule has 2 heterocycles. The number of thioether (sulfide) groups is 1. The maximum atomic E-state index is 13.3. The molecule has 7 nitrogen and oxygen atoms in total. The Labute approximate surface area is 253 Å². The molecule has 0 saturated carbocycles. The molecule has 1 saturated heterocycles. The molecule has 0 atom stereocenters. The van der Waals surface area contributed by atoms with Gasteiger partial charge in [0.25, 0.3) is 5.91 Å². The van der Waals surface area contributed by atoms with E-state index in [4.69, 9.17) is 22.1 Å². The summed E-state index contributed by atoms with van der Waals surface area (Å²) in [6, 6.07) is 6.65. The number of ether oxygens (including phenoxy) is 1. The van der Waals surface area contributed by atoms with Crippen molar-refractivity contribution in [3.8, 4) is 16.9 Å². The molecule has 0 aliphatic carbocycles.